The molecule has 2 heteroatoms. The van der Waals surface area contributed by atoms with Crippen molar-refractivity contribution in [1.82, 2.24) is 0 Å². The second-order valence-electron chi connectivity index (χ2n) is 3.55. The van der Waals surface area contributed by atoms with Crippen LogP contribution in [-0.4, -0.2) is 6.10 Å². The fourth-order valence-electron chi connectivity index (χ4n) is 1.20. The van der Waals surface area contributed by atoms with Gasteiger partial charge < -0.3 is 4.74 Å². The first-order valence-electron chi connectivity index (χ1n) is 5.63. The van der Waals surface area contributed by atoms with Gasteiger partial charge in [0.05, 0.1) is 6.10 Å². The molecule has 0 atom stereocenters. The number of aryl methyl sites for hydroxylation is 1. The largest absolute Gasteiger partial charge is 0.491 e. The number of hydrogen-bond acceptors (Lipinski definition) is 1. The van der Waals surface area contributed by atoms with E-state index in [0.29, 0.717) is 5.03 Å². The molecule has 0 amide bonds. The van der Waals surface area contributed by atoms with Crippen molar-refractivity contribution in [1.29, 1.82) is 0 Å². The SMILES string of the molecule is C=C(Cl)c1ccc(OC(C)C)c(C)c1.CC. The Kier molecular flexibility index (Phi) is 6.91. The Labute approximate surface area is 104 Å². The van der Waals surface area contributed by atoms with E-state index >= 15 is 0 Å². The minimum absolute atomic E-state index is 0.193. The van der Waals surface area contributed by atoms with Gasteiger partial charge in [0.15, 0.2) is 0 Å². The smallest absolute Gasteiger partial charge is 0.122 e. The van der Waals surface area contributed by atoms with Gasteiger partial charge in [0.1, 0.15) is 5.75 Å². The van der Waals surface area contributed by atoms with E-state index in [2.05, 4.69) is 6.58 Å². The van der Waals surface area contributed by atoms with Crippen LogP contribution in [0.4, 0.5) is 0 Å². The van der Waals surface area contributed by atoms with Crippen LogP contribution in [0.15, 0.2) is 24.8 Å². The van der Waals surface area contributed by atoms with Crippen LogP contribution >= 0.6 is 11.6 Å². The van der Waals surface area contributed by atoms with Crippen molar-refractivity contribution in [3.05, 3.63) is 35.9 Å². The van der Waals surface area contributed by atoms with Crippen molar-refractivity contribution in [2.24, 2.45) is 0 Å². The van der Waals surface area contributed by atoms with Crippen LogP contribution < -0.4 is 4.74 Å². The molecule has 0 spiro atoms. The molecule has 90 valence electrons. The van der Waals surface area contributed by atoms with Gasteiger partial charge in [-0.2, -0.15) is 0 Å². The second kappa shape index (κ2) is 7.34. The molecular formula is C14H21ClO. The van der Waals surface area contributed by atoms with E-state index in [1.165, 1.54) is 0 Å². The molecule has 0 heterocycles. The lowest BCUT2D eigenvalue weighted by molar-refractivity contribution is 0.241. The van der Waals surface area contributed by atoms with E-state index in [1.807, 2.05) is 52.8 Å². The highest BCUT2D eigenvalue weighted by atomic mass is 35.5. The Hall–Kier alpha value is -0.950. The summed E-state index contributed by atoms with van der Waals surface area (Å²) in [5.41, 5.74) is 2.03. The minimum atomic E-state index is 0.193. The molecule has 0 aliphatic carbocycles. The third-order valence-electron chi connectivity index (χ3n) is 1.85. The van der Waals surface area contributed by atoms with Gasteiger partial charge in [-0.25, -0.2) is 0 Å². The highest BCUT2D eigenvalue weighted by Gasteiger charge is 2.03. The summed E-state index contributed by atoms with van der Waals surface area (Å²) in [6.45, 7) is 13.7. The van der Waals surface area contributed by atoms with Crippen LogP contribution in [0, 0.1) is 6.92 Å². The first kappa shape index (κ1) is 15.0. The standard InChI is InChI=1S/C12H15ClO.C2H6/c1-8(2)14-12-6-5-11(10(4)13)7-9(12)3;1-2/h5-8H,4H2,1-3H3;1-2H3. The number of benzene rings is 1. The lowest BCUT2D eigenvalue weighted by Crippen LogP contribution is -2.06. The van der Waals surface area contributed by atoms with E-state index in [1.54, 1.807) is 0 Å². The van der Waals surface area contributed by atoms with Crippen LogP contribution in [-0.2, 0) is 0 Å². The molecule has 16 heavy (non-hydrogen) atoms. The predicted molar refractivity (Wildman–Crippen MR) is 73.2 cm³/mol. The van der Waals surface area contributed by atoms with Crippen molar-refractivity contribution >= 4 is 16.6 Å². The molecule has 0 N–H and O–H groups in total. The number of rotatable bonds is 3. The van der Waals surface area contributed by atoms with Crippen molar-refractivity contribution in [3.63, 3.8) is 0 Å². The number of ether oxygens (including phenoxy) is 1. The van der Waals surface area contributed by atoms with Crippen LogP contribution in [0.3, 0.4) is 0 Å². The average Bonchev–Trinajstić information content (AvgIpc) is 2.23. The van der Waals surface area contributed by atoms with Crippen LogP contribution in [0.25, 0.3) is 5.03 Å². The summed E-state index contributed by atoms with van der Waals surface area (Å²) in [5, 5.41) is 0.559. The van der Waals surface area contributed by atoms with Gasteiger partial charge in [0, 0.05) is 5.03 Å². The van der Waals surface area contributed by atoms with Crippen molar-refractivity contribution < 1.29 is 4.74 Å². The van der Waals surface area contributed by atoms with Gasteiger partial charge in [-0.1, -0.05) is 32.0 Å². The molecule has 1 nitrogen and oxygen atoms in total. The van der Waals surface area contributed by atoms with E-state index in [4.69, 9.17) is 16.3 Å². The topological polar surface area (TPSA) is 9.23 Å². The predicted octanol–water partition coefficient (Wildman–Crippen LogP) is 5.02. The molecule has 0 saturated heterocycles. The molecule has 0 radical (unpaired) electrons. The summed E-state index contributed by atoms with van der Waals surface area (Å²) >= 11 is 5.80. The summed E-state index contributed by atoms with van der Waals surface area (Å²) in [6.07, 6.45) is 0.193. The van der Waals surface area contributed by atoms with Crippen molar-refractivity contribution in [3.8, 4) is 5.75 Å². The van der Waals surface area contributed by atoms with Crippen LogP contribution in [0.1, 0.15) is 38.8 Å². The molecule has 0 aromatic heterocycles. The summed E-state index contributed by atoms with van der Waals surface area (Å²) in [7, 11) is 0. The zero-order valence-corrected chi connectivity index (χ0v) is 11.6. The molecule has 0 aliphatic heterocycles. The quantitative estimate of drug-likeness (QED) is 0.721. The summed E-state index contributed by atoms with van der Waals surface area (Å²) in [4.78, 5) is 0. The fourth-order valence-corrected chi connectivity index (χ4v) is 1.32. The zero-order chi connectivity index (χ0) is 12.7. The molecule has 0 bridgehead atoms. The fraction of sp³-hybridized carbons (Fsp3) is 0.429. The lowest BCUT2D eigenvalue weighted by atomic mass is 10.1. The van der Waals surface area contributed by atoms with Gasteiger partial charge in [-0.15, -0.1) is 0 Å². The van der Waals surface area contributed by atoms with Gasteiger partial charge in [0.25, 0.3) is 0 Å². The monoisotopic (exact) mass is 240 g/mol. The first-order chi connectivity index (χ1) is 7.50. The third-order valence-corrected chi connectivity index (χ3v) is 2.07. The molecule has 0 saturated carbocycles. The van der Waals surface area contributed by atoms with Gasteiger partial charge in [-0.3, -0.25) is 0 Å². The number of hydrogen-bond donors (Lipinski definition) is 0. The Morgan fingerprint density at radius 1 is 1.31 bits per heavy atom. The zero-order valence-electron chi connectivity index (χ0n) is 10.8. The molecular weight excluding hydrogens is 220 g/mol. The molecule has 0 fully saturated rings. The van der Waals surface area contributed by atoms with E-state index in [9.17, 15) is 0 Å². The Morgan fingerprint density at radius 2 is 1.88 bits per heavy atom. The first-order valence-corrected chi connectivity index (χ1v) is 6.00. The van der Waals surface area contributed by atoms with E-state index in [0.717, 1.165) is 16.9 Å². The van der Waals surface area contributed by atoms with E-state index < -0.39 is 0 Å². The highest BCUT2D eigenvalue weighted by molar-refractivity contribution is 6.48. The van der Waals surface area contributed by atoms with Crippen molar-refractivity contribution in [2.75, 3.05) is 0 Å². The van der Waals surface area contributed by atoms with E-state index in [-0.39, 0.29) is 6.10 Å². The minimum Gasteiger partial charge on any atom is -0.491 e. The second-order valence-corrected chi connectivity index (χ2v) is 4.01. The number of halogens is 1. The lowest BCUT2D eigenvalue weighted by Gasteiger charge is -2.12. The molecule has 1 rings (SSSR count). The van der Waals surface area contributed by atoms with Gasteiger partial charge >= 0.3 is 0 Å². The van der Waals surface area contributed by atoms with Crippen LogP contribution in [0.5, 0.6) is 5.75 Å². The van der Waals surface area contributed by atoms with Gasteiger partial charge in [0.2, 0.25) is 0 Å². The average molecular weight is 241 g/mol. The molecule has 1 aromatic rings. The Balaban J connectivity index is 0.00000106. The van der Waals surface area contributed by atoms with Crippen molar-refractivity contribution in [2.45, 2.75) is 40.7 Å². The normalized spacial score (nSPS) is 9.44. The summed E-state index contributed by atoms with van der Waals surface area (Å²) < 4.78 is 5.61. The summed E-state index contributed by atoms with van der Waals surface area (Å²) in [6, 6.07) is 5.82. The maximum Gasteiger partial charge on any atom is 0.122 e. The Morgan fingerprint density at radius 3 is 2.25 bits per heavy atom. The maximum atomic E-state index is 5.80. The highest BCUT2D eigenvalue weighted by Crippen LogP contribution is 2.24. The van der Waals surface area contributed by atoms with Crippen LogP contribution in [0.2, 0.25) is 0 Å². The maximum absolute atomic E-state index is 5.80. The molecule has 1 aromatic carbocycles. The van der Waals surface area contributed by atoms with Gasteiger partial charge in [-0.05, 0) is 50.1 Å². The molecule has 0 aliphatic rings. The summed E-state index contributed by atoms with van der Waals surface area (Å²) in [5.74, 6) is 0.904. The third kappa shape index (κ3) is 4.71. The Bertz CT molecular complexity index is 343. The molecule has 0 unspecified atom stereocenters.